The van der Waals surface area contributed by atoms with Crippen molar-refractivity contribution in [1.29, 1.82) is 0 Å². The Morgan fingerprint density at radius 1 is 1.28 bits per heavy atom. The third kappa shape index (κ3) is 2.76. The van der Waals surface area contributed by atoms with E-state index < -0.39 is 0 Å². The molecule has 2 rings (SSSR count). The van der Waals surface area contributed by atoms with Crippen molar-refractivity contribution in [3.05, 3.63) is 35.4 Å². The van der Waals surface area contributed by atoms with Gasteiger partial charge in [0, 0.05) is 18.7 Å². The Hall–Kier alpha value is -0.860. The van der Waals surface area contributed by atoms with Gasteiger partial charge in [0.05, 0.1) is 6.61 Å². The number of benzene rings is 1. The van der Waals surface area contributed by atoms with Gasteiger partial charge in [-0.05, 0) is 51.3 Å². The quantitative estimate of drug-likeness (QED) is 0.806. The molecule has 2 heteroatoms. The van der Waals surface area contributed by atoms with Crippen LogP contribution in [0.5, 0.6) is 0 Å². The van der Waals surface area contributed by atoms with Gasteiger partial charge in [-0.2, -0.15) is 0 Å². The molecule has 0 aromatic heterocycles. The van der Waals surface area contributed by atoms with Gasteiger partial charge in [0.15, 0.2) is 0 Å². The van der Waals surface area contributed by atoms with Crippen molar-refractivity contribution in [2.75, 3.05) is 13.7 Å². The maximum absolute atomic E-state index is 5.33. The van der Waals surface area contributed by atoms with Crippen molar-refractivity contribution >= 4 is 0 Å². The molecule has 0 aliphatic carbocycles. The minimum atomic E-state index is 0.237. The summed E-state index contributed by atoms with van der Waals surface area (Å²) in [5, 5.41) is 0. The molecule has 1 atom stereocenters. The number of nitrogens with zero attached hydrogens (tertiary/aromatic N) is 1. The zero-order chi connectivity index (χ0) is 13.2. The predicted molar refractivity (Wildman–Crippen MR) is 75.6 cm³/mol. The lowest BCUT2D eigenvalue weighted by atomic mass is 9.95. The summed E-state index contributed by atoms with van der Waals surface area (Å²) >= 11 is 0. The van der Waals surface area contributed by atoms with Gasteiger partial charge in [0.25, 0.3) is 0 Å². The molecule has 1 aromatic carbocycles. The third-order valence-corrected chi connectivity index (χ3v) is 3.83. The van der Waals surface area contributed by atoms with Crippen LogP contribution in [0.15, 0.2) is 24.3 Å². The second-order valence-electron chi connectivity index (χ2n) is 6.15. The number of hydrogen-bond donors (Lipinski definition) is 0. The Balaban J connectivity index is 2.30. The lowest BCUT2D eigenvalue weighted by Crippen LogP contribution is -2.40. The van der Waals surface area contributed by atoms with E-state index in [0.717, 1.165) is 0 Å². The molecule has 0 saturated carbocycles. The highest BCUT2D eigenvalue weighted by Crippen LogP contribution is 2.38. The standard InChI is InChI=1S/C16H25NO/c1-16(2,3)17-11-7-10-15(17)14-9-6-5-8-13(14)12-18-4/h5-6,8-9,15H,7,10-12H2,1-4H3/t15-/m1/s1. The van der Waals surface area contributed by atoms with Crippen molar-refractivity contribution in [2.45, 2.75) is 51.8 Å². The van der Waals surface area contributed by atoms with Crippen LogP contribution in [0.2, 0.25) is 0 Å². The Labute approximate surface area is 111 Å². The molecule has 18 heavy (non-hydrogen) atoms. The first-order valence-electron chi connectivity index (χ1n) is 6.87. The molecule has 0 amide bonds. The fourth-order valence-corrected chi connectivity index (χ4v) is 3.04. The molecular weight excluding hydrogens is 222 g/mol. The van der Waals surface area contributed by atoms with Crippen LogP contribution < -0.4 is 0 Å². The summed E-state index contributed by atoms with van der Waals surface area (Å²) in [7, 11) is 1.77. The average Bonchev–Trinajstić information content (AvgIpc) is 2.78. The first-order valence-corrected chi connectivity index (χ1v) is 6.87. The SMILES string of the molecule is COCc1ccccc1[C@H]1CCCN1C(C)(C)C. The summed E-state index contributed by atoms with van der Waals surface area (Å²) in [6.07, 6.45) is 2.56. The van der Waals surface area contributed by atoms with Gasteiger partial charge in [-0.25, -0.2) is 0 Å². The van der Waals surface area contributed by atoms with Gasteiger partial charge in [-0.1, -0.05) is 24.3 Å². The second-order valence-corrected chi connectivity index (χ2v) is 6.15. The normalized spacial score (nSPS) is 21.4. The Morgan fingerprint density at radius 3 is 2.67 bits per heavy atom. The highest BCUT2D eigenvalue weighted by atomic mass is 16.5. The van der Waals surface area contributed by atoms with Crippen LogP contribution in [-0.4, -0.2) is 24.1 Å². The van der Waals surface area contributed by atoms with Crippen molar-refractivity contribution in [1.82, 2.24) is 4.90 Å². The average molecular weight is 247 g/mol. The lowest BCUT2D eigenvalue weighted by Gasteiger charge is -2.37. The second kappa shape index (κ2) is 5.41. The first kappa shape index (κ1) is 13.6. The summed E-state index contributed by atoms with van der Waals surface area (Å²) in [6.45, 7) is 8.85. The minimum Gasteiger partial charge on any atom is -0.380 e. The smallest absolute Gasteiger partial charge is 0.0716 e. The molecule has 1 aromatic rings. The molecule has 1 aliphatic rings. The van der Waals surface area contributed by atoms with E-state index in [0.29, 0.717) is 12.6 Å². The number of hydrogen-bond acceptors (Lipinski definition) is 2. The molecule has 0 spiro atoms. The van der Waals surface area contributed by atoms with Crippen molar-refractivity contribution in [3.8, 4) is 0 Å². The summed E-state index contributed by atoms with van der Waals surface area (Å²) in [6, 6.07) is 9.26. The molecule has 1 aliphatic heterocycles. The molecule has 0 N–H and O–H groups in total. The van der Waals surface area contributed by atoms with Crippen LogP contribution in [0.3, 0.4) is 0 Å². The van der Waals surface area contributed by atoms with Crippen LogP contribution >= 0.6 is 0 Å². The van der Waals surface area contributed by atoms with E-state index in [-0.39, 0.29) is 5.54 Å². The fraction of sp³-hybridized carbons (Fsp3) is 0.625. The molecule has 1 saturated heterocycles. The van der Waals surface area contributed by atoms with Crippen LogP contribution in [0.4, 0.5) is 0 Å². The minimum absolute atomic E-state index is 0.237. The van der Waals surface area contributed by atoms with Gasteiger partial charge in [-0.3, -0.25) is 4.90 Å². The zero-order valence-corrected chi connectivity index (χ0v) is 12.1. The van der Waals surface area contributed by atoms with Gasteiger partial charge in [0.2, 0.25) is 0 Å². The molecule has 100 valence electrons. The van der Waals surface area contributed by atoms with Gasteiger partial charge < -0.3 is 4.74 Å². The topological polar surface area (TPSA) is 12.5 Å². The van der Waals surface area contributed by atoms with Crippen molar-refractivity contribution in [2.24, 2.45) is 0 Å². The van der Waals surface area contributed by atoms with Gasteiger partial charge in [0.1, 0.15) is 0 Å². The van der Waals surface area contributed by atoms with Crippen LogP contribution in [0.1, 0.15) is 50.8 Å². The Bertz CT molecular complexity index is 394. The number of likely N-dealkylation sites (tertiary alicyclic amines) is 1. The van der Waals surface area contributed by atoms with Crippen LogP contribution in [-0.2, 0) is 11.3 Å². The van der Waals surface area contributed by atoms with Crippen molar-refractivity contribution < 1.29 is 4.74 Å². The summed E-state index contributed by atoms with van der Waals surface area (Å²) < 4.78 is 5.33. The van der Waals surface area contributed by atoms with E-state index in [1.165, 1.54) is 30.5 Å². The zero-order valence-electron chi connectivity index (χ0n) is 12.1. The lowest BCUT2D eigenvalue weighted by molar-refractivity contribution is 0.119. The molecule has 2 nitrogen and oxygen atoms in total. The fourth-order valence-electron chi connectivity index (χ4n) is 3.04. The van der Waals surface area contributed by atoms with Crippen LogP contribution in [0, 0.1) is 0 Å². The van der Waals surface area contributed by atoms with E-state index in [2.05, 4.69) is 49.9 Å². The molecular formula is C16H25NO. The first-order chi connectivity index (χ1) is 8.54. The van der Waals surface area contributed by atoms with E-state index >= 15 is 0 Å². The molecule has 0 unspecified atom stereocenters. The molecule has 1 heterocycles. The summed E-state index contributed by atoms with van der Waals surface area (Å²) in [5.41, 5.74) is 3.02. The van der Waals surface area contributed by atoms with Crippen molar-refractivity contribution in [3.63, 3.8) is 0 Å². The van der Waals surface area contributed by atoms with E-state index in [9.17, 15) is 0 Å². The number of ether oxygens (including phenoxy) is 1. The molecule has 1 fully saturated rings. The molecule has 0 radical (unpaired) electrons. The largest absolute Gasteiger partial charge is 0.380 e. The summed E-state index contributed by atoms with van der Waals surface area (Å²) in [4.78, 5) is 2.63. The summed E-state index contributed by atoms with van der Waals surface area (Å²) in [5.74, 6) is 0. The monoisotopic (exact) mass is 247 g/mol. The Kier molecular flexibility index (Phi) is 4.08. The van der Waals surface area contributed by atoms with E-state index in [4.69, 9.17) is 4.74 Å². The van der Waals surface area contributed by atoms with E-state index in [1.807, 2.05) is 0 Å². The number of methoxy groups -OCH3 is 1. The maximum atomic E-state index is 5.33. The highest BCUT2D eigenvalue weighted by Gasteiger charge is 2.34. The van der Waals surface area contributed by atoms with Crippen LogP contribution in [0.25, 0.3) is 0 Å². The highest BCUT2D eigenvalue weighted by molar-refractivity contribution is 5.30. The Morgan fingerprint density at radius 2 is 2.00 bits per heavy atom. The molecule has 0 bridgehead atoms. The predicted octanol–water partition coefficient (Wildman–Crippen LogP) is 3.77. The maximum Gasteiger partial charge on any atom is 0.0716 e. The van der Waals surface area contributed by atoms with Gasteiger partial charge in [-0.15, -0.1) is 0 Å². The van der Waals surface area contributed by atoms with Gasteiger partial charge >= 0.3 is 0 Å². The number of rotatable bonds is 3. The third-order valence-electron chi connectivity index (χ3n) is 3.83. The van der Waals surface area contributed by atoms with E-state index in [1.54, 1.807) is 7.11 Å².